The summed E-state index contributed by atoms with van der Waals surface area (Å²) < 4.78 is 0. The molecular formula is C30H32O6. The van der Waals surface area contributed by atoms with Crippen LogP contribution in [0.3, 0.4) is 0 Å². The highest BCUT2D eigenvalue weighted by molar-refractivity contribution is 6.30. The summed E-state index contributed by atoms with van der Waals surface area (Å²) in [5, 5.41) is 18.6. The molecule has 1 aliphatic carbocycles. The monoisotopic (exact) mass is 488 g/mol. The molecule has 36 heavy (non-hydrogen) atoms. The maximum Gasteiger partial charge on any atom is 0.335 e. The fourth-order valence-corrected chi connectivity index (χ4v) is 4.53. The number of benzene rings is 2. The molecular weight excluding hydrogens is 456 g/mol. The van der Waals surface area contributed by atoms with Crippen LogP contribution in [0, 0.1) is 11.8 Å². The van der Waals surface area contributed by atoms with Crippen molar-refractivity contribution in [2.45, 2.75) is 77.0 Å². The van der Waals surface area contributed by atoms with Crippen LogP contribution in [0.4, 0.5) is 0 Å². The van der Waals surface area contributed by atoms with Crippen LogP contribution in [-0.4, -0.2) is 33.7 Å². The van der Waals surface area contributed by atoms with Crippen LogP contribution >= 0.6 is 0 Å². The number of carboxylic acids is 2. The van der Waals surface area contributed by atoms with Crippen molar-refractivity contribution in [1.82, 2.24) is 0 Å². The predicted molar refractivity (Wildman–Crippen MR) is 137 cm³/mol. The summed E-state index contributed by atoms with van der Waals surface area (Å²) in [5.41, 5.74) is 0.604. The van der Waals surface area contributed by atoms with Crippen molar-refractivity contribution in [1.29, 1.82) is 0 Å². The number of hydrogen-bond acceptors (Lipinski definition) is 4. The predicted octanol–water partition coefficient (Wildman–Crippen LogP) is 6.52. The van der Waals surface area contributed by atoms with Crippen molar-refractivity contribution in [3.63, 3.8) is 0 Å². The van der Waals surface area contributed by atoms with Gasteiger partial charge in [-0.25, -0.2) is 9.59 Å². The Morgan fingerprint density at radius 1 is 0.750 bits per heavy atom. The van der Waals surface area contributed by atoms with Gasteiger partial charge in [0.15, 0.2) is 11.6 Å². The van der Waals surface area contributed by atoms with Gasteiger partial charge in [0.2, 0.25) is 0 Å². The molecule has 1 atom stereocenters. The van der Waals surface area contributed by atoms with E-state index >= 15 is 0 Å². The molecule has 2 aromatic carbocycles. The van der Waals surface area contributed by atoms with E-state index in [0.29, 0.717) is 5.56 Å². The van der Waals surface area contributed by atoms with Crippen LogP contribution in [0.15, 0.2) is 36.4 Å². The summed E-state index contributed by atoms with van der Waals surface area (Å²) in [7, 11) is 0. The first-order valence-corrected chi connectivity index (χ1v) is 12.7. The highest BCUT2D eigenvalue weighted by Gasteiger charge is 2.40. The molecule has 0 saturated carbocycles. The summed E-state index contributed by atoms with van der Waals surface area (Å²) in [6.45, 7) is 2.22. The average Bonchev–Trinajstić information content (AvgIpc) is 3.11. The SMILES string of the molecule is CCCCCCCCCCCC#Cc1ccc2c(c1)C(=O)C(c1cc(C(=O)O)cc(C(=O)O)c1)C2=O. The van der Waals surface area contributed by atoms with E-state index in [-0.39, 0.29) is 27.8 Å². The molecule has 0 heterocycles. The molecule has 6 nitrogen and oxygen atoms in total. The van der Waals surface area contributed by atoms with Crippen LogP contribution in [0.2, 0.25) is 0 Å². The molecule has 0 bridgehead atoms. The Bertz CT molecular complexity index is 1180. The molecule has 0 fully saturated rings. The smallest absolute Gasteiger partial charge is 0.335 e. The molecule has 1 unspecified atom stereocenters. The lowest BCUT2D eigenvalue weighted by atomic mass is 9.91. The lowest BCUT2D eigenvalue weighted by Crippen LogP contribution is -2.15. The van der Waals surface area contributed by atoms with Gasteiger partial charge in [-0.3, -0.25) is 9.59 Å². The number of rotatable bonds is 12. The number of ketones is 2. The van der Waals surface area contributed by atoms with Crippen molar-refractivity contribution < 1.29 is 29.4 Å². The zero-order valence-corrected chi connectivity index (χ0v) is 20.6. The van der Waals surface area contributed by atoms with Gasteiger partial charge in [0.25, 0.3) is 0 Å². The van der Waals surface area contributed by atoms with Crippen LogP contribution in [0.5, 0.6) is 0 Å². The van der Waals surface area contributed by atoms with Gasteiger partial charge in [0, 0.05) is 23.1 Å². The third kappa shape index (κ3) is 6.69. The zero-order valence-electron chi connectivity index (χ0n) is 20.6. The molecule has 2 N–H and O–H groups in total. The first kappa shape index (κ1) is 26.9. The van der Waals surface area contributed by atoms with E-state index in [0.717, 1.165) is 25.3 Å². The Kier molecular flexibility index (Phi) is 9.58. The topological polar surface area (TPSA) is 109 Å². The molecule has 0 radical (unpaired) electrons. The van der Waals surface area contributed by atoms with E-state index in [2.05, 4.69) is 18.8 Å². The fourth-order valence-electron chi connectivity index (χ4n) is 4.53. The number of Topliss-reactive ketones (excluding diaryl/α,β-unsaturated/α-hetero) is 2. The molecule has 3 rings (SSSR count). The minimum absolute atomic E-state index is 0.0662. The number of carbonyl (C=O) groups excluding carboxylic acids is 2. The summed E-state index contributed by atoms with van der Waals surface area (Å²) in [6, 6.07) is 8.24. The van der Waals surface area contributed by atoms with E-state index in [1.165, 1.54) is 57.1 Å². The molecule has 1 aliphatic rings. The van der Waals surface area contributed by atoms with Crippen molar-refractivity contribution in [3.8, 4) is 11.8 Å². The summed E-state index contributed by atoms with van der Waals surface area (Å²) in [5.74, 6) is 1.34. The van der Waals surface area contributed by atoms with Crippen molar-refractivity contribution in [2.75, 3.05) is 0 Å². The number of fused-ring (bicyclic) bond motifs is 1. The molecule has 0 amide bonds. The molecule has 2 aromatic rings. The minimum Gasteiger partial charge on any atom is -0.478 e. The Balaban J connectivity index is 1.63. The molecule has 6 heteroatoms. The van der Waals surface area contributed by atoms with Gasteiger partial charge in [-0.15, -0.1) is 0 Å². The van der Waals surface area contributed by atoms with Gasteiger partial charge in [-0.2, -0.15) is 0 Å². The second-order valence-electron chi connectivity index (χ2n) is 9.26. The molecule has 0 aliphatic heterocycles. The Labute approximate surface area is 211 Å². The minimum atomic E-state index is -1.33. The Morgan fingerprint density at radius 3 is 1.89 bits per heavy atom. The lowest BCUT2D eigenvalue weighted by Gasteiger charge is -2.10. The largest absolute Gasteiger partial charge is 0.478 e. The van der Waals surface area contributed by atoms with Crippen LogP contribution < -0.4 is 0 Å². The molecule has 0 saturated heterocycles. The van der Waals surface area contributed by atoms with E-state index in [1.54, 1.807) is 18.2 Å². The number of carbonyl (C=O) groups is 4. The summed E-state index contributed by atoms with van der Waals surface area (Å²) >= 11 is 0. The third-order valence-corrected chi connectivity index (χ3v) is 6.50. The van der Waals surface area contributed by atoms with Crippen molar-refractivity contribution in [3.05, 3.63) is 69.8 Å². The zero-order chi connectivity index (χ0) is 26.1. The normalized spacial score (nSPS) is 14.3. The van der Waals surface area contributed by atoms with E-state index < -0.39 is 29.4 Å². The van der Waals surface area contributed by atoms with Gasteiger partial charge < -0.3 is 10.2 Å². The van der Waals surface area contributed by atoms with Crippen molar-refractivity contribution >= 4 is 23.5 Å². The highest BCUT2D eigenvalue weighted by Crippen LogP contribution is 2.35. The standard InChI is InChI=1S/C30H32O6/c1-2-3-4-5-6-7-8-9-10-11-12-13-20-14-15-24-25(16-20)28(32)26(27(24)31)21-17-22(29(33)34)19-23(18-21)30(35)36/h14-19,26H,2-11H2,1H3,(H,33,34)(H,35,36). The first-order chi connectivity index (χ1) is 17.3. The quantitative estimate of drug-likeness (QED) is 0.200. The highest BCUT2D eigenvalue weighted by atomic mass is 16.4. The maximum absolute atomic E-state index is 13.1. The number of unbranched alkanes of at least 4 members (excludes halogenated alkanes) is 9. The van der Waals surface area contributed by atoms with E-state index in [4.69, 9.17) is 0 Å². The van der Waals surface area contributed by atoms with E-state index in [1.807, 2.05) is 0 Å². The first-order valence-electron chi connectivity index (χ1n) is 12.7. The third-order valence-electron chi connectivity index (χ3n) is 6.50. The van der Waals surface area contributed by atoms with E-state index in [9.17, 15) is 29.4 Å². The van der Waals surface area contributed by atoms with Gasteiger partial charge in [-0.1, -0.05) is 70.1 Å². The second kappa shape index (κ2) is 12.8. The Morgan fingerprint density at radius 2 is 1.31 bits per heavy atom. The molecule has 188 valence electrons. The van der Waals surface area contributed by atoms with Crippen LogP contribution in [-0.2, 0) is 0 Å². The number of aromatic carboxylic acids is 2. The summed E-state index contributed by atoms with van der Waals surface area (Å²) in [4.78, 5) is 49.0. The number of hydrogen-bond donors (Lipinski definition) is 2. The number of carboxylic acid groups (broad SMARTS) is 2. The fraction of sp³-hybridized carbons (Fsp3) is 0.400. The van der Waals surface area contributed by atoms with Crippen molar-refractivity contribution in [2.24, 2.45) is 0 Å². The average molecular weight is 489 g/mol. The van der Waals surface area contributed by atoms with Gasteiger partial charge in [-0.05, 0) is 48.4 Å². The lowest BCUT2D eigenvalue weighted by molar-refractivity contribution is 0.0694. The van der Waals surface area contributed by atoms with Gasteiger partial charge >= 0.3 is 11.9 Å². The molecule has 0 aromatic heterocycles. The molecule has 0 spiro atoms. The second-order valence-corrected chi connectivity index (χ2v) is 9.26. The van der Waals surface area contributed by atoms with Gasteiger partial charge in [0.1, 0.15) is 5.92 Å². The van der Waals surface area contributed by atoms with Crippen LogP contribution in [0.25, 0.3) is 0 Å². The summed E-state index contributed by atoms with van der Waals surface area (Å²) in [6.07, 6.45) is 12.0. The Hall–Kier alpha value is -3.72. The van der Waals surface area contributed by atoms with Crippen LogP contribution in [0.1, 0.15) is 130 Å². The van der Waals surface area contributed by atoms with Gasteiger partial charge in [0.05, 0.1) is 11.1 Å². The maximum atomic E-state index is 13.1.